The molecule has 3 amide bonds. The Labute approximate surface area is 203 Å². The van der Waals surface area contributed by atoms with Gasteiger partial charge in [-0.05, 0) is 19.1 Å². The lowest BCUT2D eigenvalue weighted by molar-refractivity contribution is -0.285. The summed E-state index contributed by atoms with van der Waals surface area (Å²) in [6.07, 6.45) is -6.03. The summed E-state index contributed by atoms with van der Waals surface area (Å²) in [6, 6.07) is 2.95. The van der Waals surface area contributed by atoms with Crippen molar-refractivity contribution in [2.24, 2.45) is 0 Å². The van der Waals surface area contributed by atoms with Gasteiger partial charge in [-0.25, -0.2) is 19.6 Å². The molecule has 17 heteroatoms. The van der Waals surface area contributed by atoms with E-state index >= 15 is 0 Å². The zero-order chi connectivity index (χ0) is 27.3. The van der Waals surface area contributed by atoms with E-state index in [2.05, 4.69) is 36.2 Å². The van der Waals surface area contributed by atoms with Crippen LogP contribution in [0.1, 0.15) is 25.8 Å². The molecule has 1 atom stereocenters. The van der Waals surface area contributed by atoms with E-state index < -0.39 is 48.2 Å². The molecule has 1 aliphatic heterocycles. The number of hydrogen-bond acceptors (Lipinski definition) is 8. The first-order chi connectivity index (χ1) is 17.2. The van der Waals surface area contributed by atoms with Crippen LogP contribution in [0.15, 0.2) is 18.3 Å². The summed E-state index contributed by atoms with van der Waals surface area (Å²) >= 11 is 0. The number of aryl methyl sites for hydroxylation is 1. The van der Waals surface area contributed by atoms with Crippen molar-refractivity contribution in [2.75, 3.05) is 11.1 Å². The molecule has 1 unspecified atom stereocenters. The number of amides is 3. The van der Waals surface area contributed by atoms with Crippen LogP contribution in [-0.2, 0) is 26.3 Å². The Bertz CT molecular complexity index is 1440. The molecule has 0 spiro atoms. The Morgan fingerprint density at radius 1 is 1.19 bits per heavy atom. The molecule has 3 aromatic heterocycles. The largest absolute Gasteiger partial charge is 0.453 e. The summed E-state index contributed by atoms with van der Waals surface area (Å²) in [6.45, 7) is 1.54. The van der Waals surface area contributed by atoms with Gasteiger partial charge in [-0.15, -0.1) is 0 Å². The molecule has 0 saturated carbocycles. The van der Waals surface area contributed by atoms with Crippen LogP contribution in [0.25, 0.3) is 22.6 Å². The van der Waals surface area contributed by atoms with Crippen molar-refractivity contribution in [2.45, 2.75) is 44.3 Å². The van der Waals surface area contributed by atoms with E-state index in [0.717, 1.165) is 11.6 Å². The van der Waals surface area contributed by atoms with E-state index in [-0.39, 0.29) is 39.8 Å². The van der Waals surface area contributed by atoms with Gasteiger partial charge in [0, 0.05) is 26.1 Å². The molecule has 5 N–H and O–H groups in total. The van der Waals surface area contributed by atoms with Gasteiger partial charge >= 0.3 is 12.1 Å². The Balaban J connectivity index is 1.75. The summed E-state index contributed by atoms with van der Waals surface area (Å²) in [7, 11) is 0. The molecule has 0 saturated heterocycles. The highest BCUT2D eigenvalue weighted by atomic mass is 19.4. The number of pyridine rings is 1. The van der Waals surface area contributed by atoms with Crippen LogP contribution in [0.2, 0.25) is 0 Å². The van der Waals surface area contributed by atoms with Crippen LogP contribution >= 0.6 is 0 Å². The SMILES string of the molecule is CC(=O)NNC(=O)C1(C)C(=O)Nc2nc(-c3nn(CCC(F)(F)C(F)(F)F)c4ncccc34)nc(N)c21. The third kappa shape index (κ3) is 4.25. The molecule has 0 aliphatic carbocycles. The Kier molecular flexibility index (Phi) is 5.96. The maximum Gasteiger partial charge on any atom is 0.453 e. The number of hydrazine groups is 1. The number of nitrogens with zero attached hydrogens (tertiary/aromatic N) is 5. The van der Waals surface area contributed by atoms with Gasteiger partial charge in [-0.2, -0.15) is 27.1 Å². The Morgan fingerprint density at radius 2 is 1.89 bits per heavy atom. The number of carbonyl (C=O) groups is 3. The lowest BCUT2D eigenvalue weighted by Gasteiger charge is -2.21. The summed E-state index contributed by atoms with van der Waals surface area (Å²) < 4.78 is 65.7. The van der Waals surface area contributed by atoms with E-state index in [1.54, 1.807) is 0 Å². The summed E-state index contributed by atoms with van der Waals surface area (Å²) in [4.78, 5) is 48.9. The first kappa shape index (κ1) is 25.6. The van der Waals surface area contributed by atoms with Gasteiger partial charge < -0.3 is 11.1 Å². The second-order valence-electron chi connectivity index (χ2n) is 8.27. The quantitative estimate of drug-likeness (QED) is 0.219. The van der Waals surface area contributed by atoms with Crippen LogP contribution in [-0.4, -0.2) is 54.6 Å². The second kappa shape index (κ2) is 8.59. The van der Waals surface area contributed by atoms with Gasteiger partial charge in [0.2, 0.25) is 11.8 Å². The third-order valence-electron chi connectivity index (χ3n) is 5.70. The number of carbonyl (C=O) groups excluding carboxylic acids is 3. The molecule has 4 rings (SSSR count). The summed E-state index contributed by atoms with van der Waals surface area (Å²) in [5.41, 5.74) is 8.15. The molecular weight excluding hydrogens is 509 g/mol. The number of aromatic nitrogens is 5. The van der Waals surface area contributed by atoms with Crippen LogP contribution in [0, 0.1) is 0 Å². The average molecular weight is 527 g/mol. The van der Waals surface area contributed by atoms with E-state index in [1.165, 1.54) is 25.3 Å². The smallest absolute Gasteiger partial charge is 0.383 e. The number of nitrogens with two attached hydrogens (primary N) is 1. The van der Waals surface area contributed by atoms with Crippen LogP contribution in [0.4, 0.5) is 33.6 Å². The summed E-state index contributed by atoms with van der Waals surface area (Å²) in [5.74, 6) is -7.97. The summed E-state index contributed by atoms with van der Waals surface area (Å²) in [5, 5.41) is 6.71. The van der Waals surface area contributed by atoms with Crippen LogP contribution in [0.3, 0.4) is 0 Å². The number of nitrogen functional groups attached to an aromatic ring is 1. The molecule has 196 valence electrons. The fraction of sp³-hybridized carbons (Fsp3) is 0.350. The van der Waals surface area contributed by atoms with Gasteiger partial charge in [0.25, 0.3) is 5.91 Å². The van der Waals surface area contributed by atoms with Crippen LogP contribution < -0.4 is 21.9 Å². The van der Waals surface area contributed by atoms with E-state index in [1.807, 2.05) is 0 Å². The van der Waals surface area contributed by atoms with Crippen molar-refractivity contribution >= 4 is 40.4 Å². The Morgan fingerprint density at radius 3 is 2.54 bits per heavy atom. The minimum atomic E-state index is -5.74. The first-order valence-electron chi connectivity index (χ1n) is 10.5. The topological polar surface area (TPSA) is 170 Å². The van der Waals surface area contributed by atoms with E-state index in [9.17, 15) is 36.3 Å². The monoisotopic (exact) mass is 527 g/mol. The standard InChI is InChI=1S/C20H18F5N9O3/c1-8(35)31-32-17(37)18(2)10-12(26)28-14(29-13(10)30-16(18)36)11-9-4-3-6-27-15(9)34(33-11)7-5-19(21,22)20(23,24)25/h3-4,6H,5,7H2,1-2H3,(H,31,35)(H,32,37)(H3,26,28,29,30,36). The van der Waals surface area contributed by atoms with Crippen molar-refractivity contribution in [1.29, 1.82) is 0 Å². The number of fused-ring (bicyclic) bond motifs is 2. The highest BCUT2D eigenvalue weighted by Gasteiger charge is 2.57. The zero-order valence-corrected chi connectivity index (χ0v) is 19.1. The molecule has 0 radical (unpaired) electrons. The average Bonchev–Trinajstić information content (AvgIpc) is 3.31. The Hall–Kier alpha value is -4.44. The van der Waals surface area contributed by atoms with Gasteiger partial charge in [0.05, 0.1) is 10.9 Å². The fourth-order valence-electron chi connectivity index (χ4n) is 3.72. The van der Waals surface area contributed by atoms with Crippen molar-refractivity contribution in [3.05, 3.63) is 23.9 Å². The van der Waals surface area contributed by atoms with E-state index in [4.69, 9.17) is 5.73 Å². The van der Waals surface area contributed by atoms with Gasteiger partial charge in [-0.3, -0.25) is 25.2 Å². The second-order valence-corrected chi connectivity index (χ2v) is 8.27. The molecule has 1 aliphatic rings. The molecular formula is C20H18F5N9O3. The van der Waals surface area contributed by atoms with Crippen molar-refractivity contribution in [3.63, 3.8) is 0 Å². The molecule has 0 bridgehead atoms. The number of alkyl halides is 5. The highest BCUT2D eigenvalue weighted by Crippen LogP contribution is 2.42. The molecule has 4 heterocycles. The number of halogens is 5. The zero-order valence-electron chi connectivity index (χ0n) is 19.1. The third-order valence-corrected chi connectivity index (χ3v) is 5.70. The van der Waals surface area contributed by atoms with Crippen LogP contribution in [0.5, 0.6) is 0 Å². The predicted octanol–water partition coefficient (Wildman–Crippen LogP) is 1.44. The minimum Gasteiger partial charge on any atom is -0.383 e. The molecule has 0 fully saturated rings. The highest BCUT2D eigenvalue weighted by molar-refractivity contribution is 6.21. The van der Waals surface area contributed by atoms with Crippen molar-refractivity contribution in [1.82, 2.24) is 35.6 Å². The molecule has 3 aromatic rings. The predicted molar refractivity (Wildman–Crippen MR) is 117 cm³/mol. The maximum atomic E-state index is 13.5. The molecule has 0 aromatic carbocycles. The number of hydrogen-bond donors (Lipinski definition) is 4. The number of anilines is 2. The number of rotatable bonds is 5. The van der Waals surface area contributed by atoms with E-state index in [0.29, 0.717) is 0 Å². The lowest BCUT2D eigenvalue weighted by Crippen LogP contribution is -2.52. The van der Waals surface area contributed by atoms with Crippen molar-refractivity contribution in [3.8, 4) is 11.5 Å². The molecule has 37 heavy (non-hydrogen) atoms. The normalized spacial score (nSPS) is 17.4. The lowest BCUT2D eigenvalue weighted by atomic mass is 9.83. The fourth-order valence-corrected chi connectivity index (χ4v) is 3.72. The van der Waals surface area contributed by atoms with Crippen molar-refractivity contribution < 1.29 is 36.3 Å². The van der Waals surface area contributed by atoms with Gasteiger partial charge in [0.1, 0.15) is 17.3 Å². The minimum absolute atomic E-state index is 0.0123. The first-order valence-corrected chi connectivity index (χ1v) is 10.5. The maximum absolute atomic E-state index is 13.5. The van der Waals surface area contributed by atoms with Gasteiger partial charge in [0.15, 0.2) is 16.9 Å². The van der Waals surface area contributed by atoms with Gasteiger partial charge in [-0.1, -0.05) is 0 Å². The number of nitrogens with one attached hydrogen (secondary N) is 3. The molecule has 12 nitrogen and oxygen atoms in total.